The second kappa shape index (κ2) is 6.97. The van der Waals surface area contributed by atoms with Gasteiger partial charge in [0.1, 0.15) is 11.5 Å². The molecule has 0 spiro atoms. The minimum atomic E-state index is -0.701. The molecule has 3 rings (SSSR count). The van der Waals surface area contributed by atoms with Crippen molar-refractivity contribution in [2.24, 2.45) is 0 Å². The van der Waals surface area contributed by atoms with Crippen molar-refractivity contribution in [1.29, 1.82) is 0 Å². The van der Waals surface area contributed by atoms with Crippen LogP contribution in [-0.4, -0.2) is 24.9 Å². The van der Waals surface area contributed by atoms with Crippen LogP contribution in [0.1, 0.15) is 34.8 Å². The molecule has 1 aliphatic carbocycles. The van der Waals surface area contributed by atoms with Gasteiger partial charge in [-0.05, 0) is 44.0 Å². The van der Waals surface area contributed by atoms with Crippen LogP contribution in [0.2, 0.25) is 0 Å². The number of hydrogen-bond donors (Lipinski definition) is 1. The summed E-state index contributed by atoms with van der Waals surface area (Å²) >= 11 is 0. The van der Waals surface area contributed by atoms with Crippen LogP contribution in [0.3, 0.4) is 0 Å². The molecule has 130 valence electrons. The van der Waals surface area contributed by atoms with Gasteiger partial charge in [0, 0.05) is 17.5 Å². The van der Waals surface area contributed by atoms with E-state index >= 15 is 0 Å². The van der Waals surface area contributed by atoms with Crippen molar-refractivity contribution in [3.63, 3.8) is 0 Å². The van der Waals surface area contributed by atoms with Crippen molar-refractivity contribution in [2.45, 2.75) is 32.8 Å². The number of Topliss-reactive ketones (excluding diaryl/α,β-unsaturated/α-hetero) is 1. The molecular formula is C20H21NO4. The second-order valence-electron chi connectivity index (χ2n) is 6.16. The predicted octanol–water partition coefficient (Wildman–Crippen LogP) is 3.54. The molecule has 5 heteroatoms. The largest absolute Gasteiger partial charge is 0.495 e. The van der Waals surface area contributed by atoms with E-state index in [-0.39, 0.29) is 11.7 Å². The first-order valence-electron chi connectivity index (χ1n) is 8.27. The Hall–Kier alpha value is -2.82. The van der Waals surface area contributed by atoms with Gasteiger partial charge in [0.2, 0.25) is 0 Å². The number of nitrogens with one attached hydrogen (secondary N) is 1. The monoisotopic (exact) mass is 339 g/mol. The number of benzene rings is 2. The van der Waals surface area contributed by atoms with Gasteiger partial charge in [-0.15, -0.1) is 0 Å². The average Bonchev–Trinajstić information content (AvgIpc) is 2.97. The summed E-state index contributed by atoms with van der Waals surface area (Å²) < 4.78 is 11.1. The van der Waals surface area contributed by atoms with Crippen molar-refractivity contribution in [1.82, 2.24) is 0 Å². The van der Waals surface area contributed by atoms with E-state index in [4.69, 9.17) is 9.47 Å². The maximum absolute atomic E-state index is 12.5. The number of carbonyl (C=O) groups is 2. The number of methoxy groups -OCH3 is 1. The van der Waals surface area contributed by atoms with Crippen LogP contribution < -0.4 is 14.8 Å². The zero-order valence-corrected chi connectivity index (χ0v) is 14.6. The molecule has 5 nitrogen and oxygen atoms in total. The fourth-order valence-corrected chi connectivity index (χ4v) is 2.97. The van der Waals surface area contributed by atoms with E-state index in [1.165, 1.54) is 0 Å². The van der Waals surface area contributed by atoms with Gasteiger partial charge in [0.25, 0.3) is 5.91 Å². The minimum Gasteiger partial charge on any atom is -0.495 e. The number of hydrogen-bond acceptors (Lipinski definition) is 4. The molecule has 1 amide bonds. The van der Waals surface area contributed by atoms with Gasteiger partial charge in [-0.1, -0.05) is 18.2 Å². The Labute approximate surface area is 147 Å². The van der Waals surface area contributed by atoms with E-state index in [0.717, 1.165) is 11.1 Å². The first kappa shape index (κ1) is 17.0. The number of amides is 1. The van der Waals surface area contributed by atoms with Gasteiger partial charge in [-0.3, -0.25) is 9.59 Å². The lowest BCUT2D eigenvalue weighted by atomic mass is 10.1. The fraction of sp³-hybridized carbons (Fsp3) is 0.300. The zero-order chi connectivity index (χ0) is 18.0. The molecule has 0 heterocycles. The molecule has 1 atom stereocenters. The third-order valence-corrected chi connectivity index (χ3v) is 4.32. The number of ketones is 1. The lowest BCUT2D eigenvalue weighted by Crippen LogP contribution is -2.30. The van der Waals surface area contributed by atoms with E-state index in [1.807, 2.05) is 25.1 Å². The molecular weight excluding hydrogens is 318 g/mol. The Balaban J connectivity index is 1.74. The maximum atomic E-state index is 12.5. The van der Waals surface area contributed by atoms with Crippen molar-refractivity contribution < 1.29 is 19.1 Å². The van der Waals surface area contributed by atoms with Crippen LogP contribution >= 0.6 is 0 Å². The molecule has 1 N–H and O–H groups in total. The molecule has 25 heavy (non-hydrogen) atoms. The molecule has 0 unspecified atom stereocenters. The minimum absolute atomic E-state index is 0.127. The lowest BCUT2D eigenvalue weighted by molar-refractivity contribution is -0.122. The normalized spacial score (nSPS) is 14.0. The number of fused-ring (bicyclic) bond motifs is 1. The Morgan fingerprint density at radius 3 is 2.72 bits per heavy atom. The van der Waals surface area contributed by atoms with E-state index in [0.29, 0.717) is 35.6 Å². The smallest absolute Gasteiger partial charge is 0.265 e. The highest BCUT2D eigenvalue weighted by Gasteiger charge is 2.25. The highest BCUT2D eigenvalue weighted by atomic mass is 16.5. The number of anilines is 1. The predicted molar refractivity (Wildman–Crippen MR) is 95.5 cm³/mol. The van der Waals surface area contributed by atoms with Crippen LogP contribution in [0.5, 0.6) is 11.5 Å². The number of ether oxygens (including phenoxy) is 2. The standard InChI is InChI=1S/C20H21NO4/c1-12-7-10-19(24-3)16(11-12)21-20(23)13(2)25-18-6-4-5-14-15(18)8-9-17(14)22/h4-7,10-11,13H,8-9H2,1-3H3,(H,21,23)/t13-/m0/s1. The first-order valence-corrected chi connectivity index (χ1v) is 8.27. The number of carbonyl (C=O) groups excluding carboxylic acids is 2. The highest BCUT2D eigenvalue weighted by Crippen LogP contribution is 2.31. The summed E-state index contributed by atoms with van der Waals surface area (Å²) in [6.07, 6.45) is 0.452. The molecule has 0 aromatic heterocycles. The lowest BCUT2D eigenvalue weighted by Gasteiger charge is -2.18. The molecule has 1 aliphatic rings. The number of rotatable bonds is 5. The van der Waals surface area contributed by atoms with Gasteiger partial charge in [-0.2, -0.15) is 0 Å². The number of aryl methyl sites for hydroxylation is 1. The van der Waals surface area contributed by atoms with E-state index < -0.39 is 6.10 Å². The van der Waals surface area contributed by atoms with Crippen LogP contribution in [0.25, 0.3) is 0 Å². The molecule has 0 fully saturated rings. The van der Waals surface area contributed by atoms with Crippen LogP contribution in [0.4, 0.5) is 5.69 Å². The summed E-state index contributed by atoms with van der Waals surface area (Å²) in [5, 5.41) is 2.84. The highest BCUT2D eigenvalue weighted by molar-refractivity contribution is 6.01. The van der Waals surface area contributed by atoms with Gasteiger partial charge in [0.05, 0.1) is 12.8 Å². The third kappa shape index (κ3) is 3.50. The average molecular weight is 339 g/mol. The molecule has 0 aliphatic heterocycles. The summed E-state index contributed by atoms with van der Waals surface area (Å²) in [6.45, 7) is 3.63. The quantitative estimate of drug-likeness (QED) is 0.905. The summed E-state index contributed by atoms with van der Waals surface area (Å²) in [5.41, 5.74) is 3.21. The maximum Gasteiger partial charge on any atom is 0.265 e. The summed E-state index contributed by atoms with van der Waals surface area (Å²) in [5.74, 6) is 1.05. The molecule has 2 aromatic carbocycles. The SMILES string of the molecule is COc1ccc(C)cc1NC(=O)[C@H](C)Oc1cccc2c1CCC2=O. The van der Waals surface area contributed by atoms with Crippen molar-refractivity contribution in [3.8, 4) is 11.5 Å². The zero-order valence-electron chi connectivity index (χ0n) is 14.6. The topological polar surface area (TPSA) is 64.6 Å². The summed E-state index contributed by atoms with van der Waals surface area (Å²) in [7, 11) is 1.56. The van der Waals surface area contributed by atoms with Gasteiger partial charge in [-0.25, -0.2) is 0 Å². The Bertz CT molecular complexity index is 828. The molecule has 2 aromatic rings. The molecule has 0 bridgehead atoms. The molecule has 0 radical (unpaired) electrons. The first-order chi connectivity index (χ1) is 12.0. The fourth-order valence-electron chi connectivity index (χ4n) is 2.97. The van der Waals surface area contributed by atoms with Gasteiger partial charge in [0.15, 0.2) is 11.9 Å². The third-order valence-electron chi connectivity index (χ3n) is 4.32. The van der Waals surface area contributed by atoms with Crippen LogP contribution in [-0.2, 0) is 11.2 Å². The summed E-state index contributed by atoms with van der Waals surface area (Å²) in [4.78, 5) is 24.3. The summed E-state index contributed by atoms with van der Waals surface area (Å²) in [6, 6.07) is 11.0. The molecule has 0 saturated heterocycles. The van der Waals surface area contributed by atoms with Gasteiger partial charge < -0.3 is 14.8 Å². The second-order valence-corrected chi connectivity index (χ2v) is 6.16. The van der Waals surface area contributed by atoms with Crippen molar-refractivity contribution >= 4 is 17.4 Å². The Kier molecular flexibility index (Phi) is 4.74. The Morgan fingerprint density at radius 1 is 1.16 bits per heavy atom. The van der Waals surface area contributed by atoms with Crippen LogP contribution in [0, 0.1) is 6.92 Å². The molecule has 0 saturated carbocycles. The van der Waals surface area contributed by atoms with Crippen LogP contribution in [0.15, 0.2) is 36.4 Å². The van der Waals surface area contributed by atoms with E-state index in [1.54, 1.807) is 32.2 Å². The Morgan fingerprint density at radius 2 is 1.96 bits per heavy atom. The van der Waals surface area contributed by atoms with E-state index in [9.17, 15) is 9.59 Å². The van der Waals surface area contributed by atoms with Crippen molar-refractivity contribution in [3.05, 3.63) is 53.1 Å². The van der Waals surface area contributed by atoms with Crippen molar-refractivity contribution in [2.75, 3.05) is 12.4 Å². The van der Waals surface area contributed by atoms with Gasteiger partial charge >= 0.3 is 0 Å². The van der Waals surface area contributed by atoms with E-state index in [2.05, 4.69) is 5.32 Å².